The van der Waals surface area contributed by atoms with E-state index in [9.17, 15) is 0 Å². The van der Waals surface area contributed by atoms with Gasteiger partial charge in [0.1, 0.15) is 0 Å². The first-order valence-electron chi connectivity index (χ1n) is 22.7. The second-order valence-electron chi connectivity index (χ2n) is 17.6. The third kappa shape index (κ3) is 6.97. The van der Waals surface area contributed by atoms with Crippen molar-refractivity contribution in [2.75, 3.05) is 9.80 Å². The van der Waals surface area contributed by atoms with E-state index in [0.29, 0.717) is 0 Å². The minimum Gasteiger partial charge on any atom is -0.310 e. The molecule has 2 aliphatic rings. The van der Waals surface area contributed by atoms with Crippen molar-refractivity contribution in [1.29, 1.82) is 0 Å². The summed E-state index contributed by atoms with van der Waals surface area (Å²) in [6.45, 7) is 4.77. The van der Waals surface area contributed by atoms with Gasteiger partial charge in [-0.3, -0.25) is 0 Å². The number of nitrogens with zero attached hydrogens (tertiary/aromatic N) is 2. The summed E-state index contributed by atoms with van der Waals surface area (Å²) in [6.07, 6.45) is 12.4. The van der Waals surface area contributed by atoms with Crippen LogP contribution in [0.2, 0.25) is 0 Å². The van der Waals surface area contributed by atoms with E-state index in [-0.39, 0.29) is 5.41 Å². The van der Waals surface area contributed by atoms with Crippen LogP contribution in [0.4, 0.5) is 34.1 Å². The van der Waals surface area contributed by atoms with Crippen molar-refractivity contribution in [2.24, 2.45) is 0 Å². The summed E-state index contributed by atoms with van der Waals surface area (Å²) in [7, 11) is -3.00. The van der Waals surface area contributed by atoms with Gasteiger partial charge in [-0.1, -0.05) is 202 Å². The molecule has 3 heteroatoms. The maximum Gasteiger partial charge on any atom is 0.179 e. The monoisotopic (exact) mass is 850 g/mol. The lowest BCUT2D eigenvalue weighted by Crippen LogP contribution is -2.68. The molecule has 0 aliphatic heterocycles. The van der Waals surface area contributed by atoms with Crippen molar-refractivity contribution in [2.45, 2.75) is 25.7 Å². The molecule has 1 unspecified atom stereocenters. The zero-order valence-corrected chi connectivity index (χ0v) is 37.9. The highest BCUT2D eigenvalue weighted by molar-refractivity contribution is 7.16. The molecular weight excluding hydrogens is 801 g/mol. The fourth-order valence-corrected chi connectivity index (χ4v) is 15.5. The molecule has 0 saturated heterocycles. The Labute approximate surface area is 384 Å². The first-order valence-corrected chi connectivity index (χ1v) is 24.7. The van der Waals surface area contributed by atoms with Crippen molar-refractivity contribution >= 4 is 68.5 Å². The lowest BCUT2D eigenvalue weighted by molar-refractivity contribution is 0.661. The van der Waals surface area contributed by atoms with E-state index in [4.69, 9.17) is 0 Å². The molecule has 0 radical (unpaired) electrons. The van der Waals surface area contributed by atoms with Gasteiger partial charge in [0, 0.05) is 33.9 Å². The zero-order valence-electron chi connectivity index (χ0n) is 36.9. The van der Waals surface area contributed by atoms with Gasteiger partial charge in [0.15, 0.2) is 8.07 Å². The van der Waals surface area contributed by atoms with E-state index in [2.05, 4.69) is 278 Å². The van der Waals surface area contributed by atoms with Gasteiger partial charge in [-0.2, -0.15) is 0 Å². The number of fused-ring (bicyclic) bond motifs is 4. The molecule has 11 rings (SSSR count). The van der Waals surface area contributed by atoms with E-state index >= 15 is 0 Å². The maximum atomic E-state index is 2.51. The van der Waals surface area contributed by atoms with Crippen LogP contribution in [-0.4, -0.2) is 8.07 Å². The van der Waals surface area contributed by atoms with Crippen LogP contribution in [0.25, 0.3) is 21.9 Å². The largest absolute Gasteiger partial charge is 0.310 e. The van der Waals surface area contributed by atoms with Crippen molar-refractivity contribution in [3.8, 4) is 11.1 Å². The van der Waals surface area contributed by atoms with Crippen LogP contribution >= 0.6 is 0 Å². The summed E-state index contributed by atoms with van der Waals surface area (Å²) in [5.41, 5.74) is 12.0. The van der Waals surface area contributed by atoms with Crippen LogP contribution in [0.1, 0.15) is 31.4 Å². The Balaban J connectivity index is 1.12. The molecule has 65 heavy (non-hydrogen) atoms. The van der Waals surface area contributed by atoms with Gasteiger partial charge in [-0.25, -0.2) is 0 Å². The van der Waals surface area contributed by atoms with Gasteiger partial charge in [-0.15, -0.1) is 0 Å². The highest BCUT2D eigenvalue weighted by Crippen LogP contribution is 2.54. The van der Waals surface area contributed by atoms with Gasteiger partial charge in [0.05, 0.1) is 5.69 Å². The predicted octanol–water partition coefficient (Wildman–Crippen LogP) is 14.5. The van der Waals surface area contributed by atoms with Crippen LogP contribution in [0.3, 0.4) is 0 Å². The Morgan fingerprint density at radius 1 is 0.415 bits per heavy atom. The third-order valence-electron chi connectivity index (χ3n) is 13.6. The summed E-state index contributed by atoms with van der Waals surface area (Å²) in [6, 6.07) is 83.2. The first kappa shape index (κ1) is 40.1. The standard InChI is InChI=1S/C62H50N2Si/c1-62(2)59-36-19-18-34-57(59)58-35-21-37-60(61(58)62)64(49-26-10-6-11-27-49)51-28-20-33-56(45-51)65(54-31-14-7-15-32-54,53-29-12-3-4-13-30-53)55-42-40-50(41-43-55)63(48-24-8-5-9-25-48)52-39-38-46-22-16-17-23-47(46)44-52/h3-12,14-45H,13H2,1-2H3. The SMILES string of the molecule is CC1(C)c2ccccc2-c2cccc(N(c3ccccc3)c3cccc([Si](C4=CCC=CC=C4)(c4ccccc4)c4ccc(N(c5ccccc5)c5ccc6ccccc6c5)cc4)c3)c21. The van der Waals surface area contributed by atoms with Crippen molar-refractivity contribution in [3.05, 3.63) is 271 Å². The Morgan fingerprint density at radius 3 is 1.74 bits per heavy atom. The normalized spacial score (nSPS) is 14.5. The average Bonchev–Trinajstić information content (AvgIpc) is 3.50. The second-order valence-corrected chi connectivity index (χ2v) is 21.4. The van der Waals surface area contributed by atoms with Crippen LogP contribution in [0, 0.1) is 0 Å². The third-order valence-corrected chi connectivity index (χ3v) is 18.4. The molecule has 0 bridgehead atoms. The van der Waals surface area contributed by atoms with Gasteiger partial charge in [0.2, 0.25) is 0 Å². The van der Waals surface area contributed by atoms with E-state index in [1.165, 1.54) is 59.5 Å². The fourth-order valence-electron chi connectivity index (χ4n) is 10.6. The molecular formula is C62H50N2Si. The summed E-state index contributed by atoms with van der Waals surface area (Å²) < 4.78 is 0. The lowest BCUT2D eigenvalue weighted by Gasteiger charge is -2.37. The average molecular weight is 851 g/mol. The lowest BCUT2D eigenvalue weighted by atomic mass is 9.81. The van der Waals surface area contributed by atoms with Gasteiger partial charge >= 0.3 is 0 Å². The maximum absolute atomic E-state index is 3.00. The zero-order chi connectivity index (χ0) is 43.8. The minimum absolute atomic E-state index is 0.194. The summed E-state index contributed by atoms with van der Waals surface area (Å²) >= 11 is 0. The Kier molecular flexibility index (Phi) is 10.3. The number of para-hydroxylation sites is 2. The molecule has 1 atom stereocenters. The van der Waals surface area contributed by atoms with E-state index < -0.39 is 8.07 Å². The Bertz CT molecular complexity index is 3260. The Morgan fingerprint density at radius 2 is 0.969 bits per heavy atom. The number of hydrogen-bond donors (Lipinski definition) is 0. The molecule has 0 spiro atoms. The molecule has 9 aromatic carbocycles. The number of allylic oxidation sites excluding steroid dienone is 6. The molecule has 0 saturated carbocycles. The van der Waals surface area contributed by atoms with Crippen LogP contribution in [-0.2, 0) is 5.41 Å². The molecule has 0 fully saturated rings. The molecule has 2 aliphatic carbocycles. The summed E-state index contributed by atoms with van der Waals surface area (Å²) in [5, 5.41) is 7.83. The number of benzene rings is 9. The summed E-state index contributed by atoms with van der Waals surface area (Å²) in [5.74, 6) is 0. The second kappa shape index (κ2) is 16.8. The van der Waals surface area contributed by atoms with Crippen molar-refractivity contribution < 1.29 is 0 Å². The minimum atomic E-state index is -3.00. The number of anilines is 6. The topological polar surface area (TPSA) is 6.48 Å². The molecule has 0 heterocycles. The smallest absolute Gasteiger partial charge is 0.179 e. The molecule has 0 aromatic heterocycles. The van der Waals surface area contributed by atoms with E-state index in [1.807, 2.05) is 0 Å². The molecule has 9 aromatic rings. The van der Waals surface area contributed by atoms with Crippen molar-refractivity contribution in [3.63, 3.8) is 0 Å². The predicted molar refractivity (Wildman–Crippen MR) is 279 cm³/mol. The van der Waals surface area contributed by atoms with Crippen LogP contribution in [0.5, 0.6) is 0 Å². The van der Waals surface area contributed by atoms with Crippen LogP contribution in [0.15, 0.2) is 260 Å². The van der Waals surface area contributed by atoms with Gasteiger partial charge < -0.3 is 9.80 Å². The molecule has 0 N–H and O–H groups in total. The van der Waals surface area contributed by atoms with E-state index in [0.717, 1.165) is 34.9 Å². The quantitative estimate of drug-likeness (QED) is 0.0999. The fraction of sp³-hybridized carbons (Fsp3) is 0.0645. The van der Waals surface area contributed by atoms with Crippen molar-refractivity contribution in [1.82, 2.24) is 0 Å². The highest BCUT2D eigenvalue weighted by atomic mass is 28.3. The Hall–Kier alpha value is -7.72. The van der Waals surface area contributed by atoms with Gasteiger partial charge in [0.25, 0.3) is 0 Å². The number of hydrogen-bond acceptors (Lipinski definition) is 2. The molecule has 2 nitrogen and oxygen atoms in total. The van der Waals surface area contributed by atoms with Gasteiger partial charge in [-0.05, 0) is 127 Å². The molecule has 0 amide bonds. The summed E-state index contributed by atoms with van der Waals surface area (Å²) in [4.78, 5) is 4.89. The first-order chi connectivity index (χ1) is 32.0. The van der Waals surface area contributed by atoms with E-state index in [1.54, 1.807) is 0 Å². The van der Waals surface area contributed by atoms with Crippen LogP contribution < -0.4 is 25.4 Å². The number of rotatable bonds is 10. The highest BCUT2D eigenvalue weighted by Gasteiger charge is 2.43. The molecule has 312 valence electrons.